The Morgan fingerprint density at radius 1 is 1.50 bits per heavy atom. The maximum Gasteiger partial charge on any atom is 0.352 e. The number of rotatable bonds is 7. The number of esters is 1. The van der Waals surface area contributed by atoms with Crippen molar-refractivity contribution in [2.75, 3.05) is 12.3 Å². The Labute approximate surface area is 157 Å². The molecule has 2 unspecified atom stereocenters. The van der Waals surface area contributed by atoms with E-state index in [1.54, 1.807) is 6.07 Å². The van der Waals surface area contributed by atoms with Gasteiger partial charge in [0.25, 0.3) is 5.72 Å². The highest BCUT2D eigenvalue weighted by Crippen LogP contribution is 2.34. The number of aliphatic carboxylic acids is 1. The molecule has 28 heavy (non-hydrogen) atoms. The summed E-state index contributed by atoms with van der Waals surface area (Å²) in [5, 5.41) is 38.6. The number of hydrogen-bond donors (Lipinski definition) is 5. The Kier molecular flexibility index (Phi) is 6.31. The van der Waals surface area contributed by atoms with Gasteiger partial charge in [0.2, 0.25) is 0 Å². The molecule has 2 heterocycles. The number of anilines is 1. The molecule has 0 bridgehead atoms. The van der Waals surface area contributed by atoms with Crippen molar-refractivity contribution in [1.82, 2.24) is 9.55 Å². The standard InChI is InChI=1S/C15H19N5O8/c16-6-15(20-4-3-9(18)19-14(20)26)12(24)11(23)8(28-15)5-27-13(25)7(17)1-2-10(21)22/h3-4,7-8,11-12,23-24H,1-2,5,17H2,(H,21,22)(H2,18,19,26)/t7-,8-,11?,12?,15-/m1/s1. The maximum absolute atomic E-state index is 12.0. The van der Waals surface area contributed by atoms with Crippen LogP contribution in [-0.4, -0.2) is 67.8 Å². The molecule has 2 rings (SSSR count). The third-order valence-corrected chi connectivity index (χ3v) is 4.14. The summed E-state index contributed by atoms with van der Waals surface area (Å²) in [5.41, 5.74) is 7.58. The number of nitrogens with zero attached hydrogens (tertiary/aromatic N) is 3. The Hall–Kier alpha value is -3.05. The zero-order valence-corrected chi connectivity index (χ0v) is 14.5. The number of hydrogen-bond acceptors (Lipinski definition) is 11. The van der Waals surface area contributed by atoms with Gasteiger partial charge in [-0.15, -0.1) is 0 Å². The van der Waals surface area contributed by atoms with E-state index in [2.05, 4.69) is 4.98 Å². The molecule has 1 aromatic rings. The average Bonchev–Trinajstić information content (AvgIpc) is 2.89. The number of ether oxygens (including phenoxy) is 2. The number of aromatic nitrogens is 2. The molecule has 13 nitrogen and oxygen atoms in total. The van der Waals surface area contributed by atoms with Gasteiger partial charge in [0.05, 0.1) is 0 Å². The minimum atomic E-state index is -2.32. The molecular formula is C15H19N5O8. The van der Waals surface area contributed by atoms with Gasteiger partial charge in [0, 0.05) is 12.6 Å². The van der Waals surface area contributed by atoms with E-state index in [4.69, 9.17) is 26.0 Å². The molecule has 1 fully saturated rings. The number of aliphatic hydroxyl groups is 2. The highest BCUT2D eigenvalue weighted by molar-refractivity contribution is 5.76. The van der Waals surface area contributed by atoms with Gasteiger partial charge in [0.15, 0.2) is 0 Å². The molecule has 0 saturated carbocycles. The molecule has 0 radical (unpaired) electrons. The minimum Gasteiger partial charge on any atom is -0.481 e. The Balaban J connectivity index is 2.13. The summed E-state index contributed by atoms with van der Waals surface area (Å²) in [4.78, 5) is 37.8. The number of nitriles is 1. The van der Waals surface area contributed by atoms with Gasteiger partial charge in [0.1, 0.15) is 42.8 Å². The second-order valence-corrected chi connectivity index (χ2v) is 6.07. The molecule has 13 heteroatoms. The van der Waals surface area contributed by atoms with Crippen LogP contribution in [0.15, 0.2) is 17.1 Å². The topological polar surface area (TPSA) is 224 Å². The Bertz CT molecular complexity index is 852. The number of carboxylic acid groups (broad SMARTS) is 1. The number of nitrogen functional groups attached to an aromatic ring is 1. The maximum atomic E-state index is 12.0. The average molecular weight is 397 g/mol. The molecule has 0 aromatic carbocycles. The summed E-state index contributed by atoms with van der Waals surface area (Å²) >= 11 is 0. The zero-order valence-electron chi connectivity index (χ0n) is 14.5. The fourth-order valence-electron chi connectivity index (χ4n) is 2.62. The highest BCUT2D eigenvalue weighted by atomic mass is 16.6. The largest absolute Gasteiger partial charge is 0.481 e. The van der Waals surface area contributed by atoms with E-state index in [1.165, 1.54) is 6.07 Å². The second-order valence-electron chi connectivity index (χ2n) is 6.07. The molecule has 0 amide bonds. The van der Waals surface area contributed by atoms with Crippen LogP contribution in [0.1, 0.15) is 12.8 Å². The summed E-state index contributed by atoms with van der Waals surface area (Å²) in [7, 11) is 0. The van der Waals surface area contributed by atoms with E-state index >= 15 is 0 Å². The third kappa shape index (κ3) is 4.10. The first-order chi connectivity index (χ1) is 13.1. The van der Waals surface area contributed by atoms with Crippen LogP contribution >= 0.6 is 0 Å². The zero-order chi connectivity index (χ0) is 21.1. The molecule has 152 valence electrons. The van der Waals surface area contributed by atoms with E-state index in [-0.39, 0.29) is 18.7 Å². The highest BCUT2D eigenvalue weighted by Gasteiger charge is 2.57. The van der Waals surface area contributed by atoms with Crippen LogP contribution in [0.4, 0.5) is 5.82 Å². The first-order valence-corrected chi connectivity index (χ1v) is 8.07. The lowest BCUT2D eigenvalue weighted by Crippen LogP contribution is -2.49. The van der Waals surface area contributed by atoms with E-state index in [0.717, 1.165) is 6.20 Å². The first-order valence-electron chi connectivity index (χ1n) is 8.07. The van der Waals surface area contributed by atoms with Crippen molar-refractivity contribution in [2.24, 2.45) is 5.73 Å². The van der Waals surface area contributed by atoms with Gasteiger partial charge >= 0.3 is 17.6 Å². The Morgan fingerprint density at radius 3 is 2.75 bits per heavy atom. The summed E-state index contributed by atoms with van der Waals surface area (Å²) in [5.74, 6) is -2.21. The quantitative estimate of drug-likeness (QED) is 0.288. The molecule has 1 aliphatic heterocycles. The van der Waals surface area contributed by atoms with Crippen molar-refractivity contribution in [1.29, 1.82) is 5.26 Å². The van der Waals surface area contributed by atoms with Crippen LogP contribution in [0.25, 0.3) is 0 Å². The van der Waals surface area contributed by atoms with Gasteiger partial charge < -0.3 is 36.3 Å². The van der Waals surface area contributed by atoms with Crippen LogP contribution in [0.5, 0.6) is 0 Å². The molecule has 5 atom stereocenters. The number of carbonyl (C=O) groups excluding carboxylic acids is 1. The van der Waals surface area contributed by atoms with Crippen LogP contribution < -0.4 is 17.2 Å². The van der Waals surface area contributed by atoms with Crippen molar-refractivity contribution in [3.8, 4) is 6.07 Å². The molecule has 1 aromatic heterocycles. The summed E-state index contributed by atoms with van der Waals surface area (Å²) in [6.07, 6.45) is -4.37. The fraction of sp³-hybridized carbons (Fsp3) is 0.533. The monoisotopic (exact) mass is 397 g/mol. The van der Waals surface area contributed by atoms with Crippen LogP contribution in [0.3, 0.4) is 0 Å². The lowest BCUT2D eigenvalue weighted by atomic mass is 10.0. The normalized spacial score (nSPS) is 27.7. The van der Waals surface area contributed by atoms with Crippen LogP contribution in [0, 0.1) is 11.3 Å². The van der Waals surface area contributed by atoms with Gasteiger partial charge in [-0.25, -0.2) is 4.79 Å². The van der Waals surface area contributed by atoms with E-state index in [0.29, 0.717) is 4.57 Å². The second kappa shape index (κ2) is 8.31. The number of carboxylic acids is 1. The lowest BCUT2D eigenvalue weighted by Gasteiger charge is -2.26. The van der Waals surface area contributed by atoms with E-state index in [1.807, 2.05) is 0 Å². The van der Waals surface area contributed by atoms with Gasteiger partial charge in [-0.05, 0) is 12.5 Å². The van der Waals surface area contributed by atoms with Crippen molar-refractivity contribution in [3.63, 3.8) is 0 Å². The number of aliphatic hydroxyl groups excluding tert-OH is 2. The number of carbonyl (C=O) groups is 2. The third-order valence-electron chi connectivity index (χ3n) is 4.14. The van der Waals surface area contributed by atoms with E-state index < -0.39 is 54.3 Å². The first kappa shape index (κ1) is 21.3. The van der Waals surface area contributed by atoms with Crippen LogP contribution in [-0.2, 0) is 24.8 Å². The molecule has 0 spiro atoms. The van der Waals surface area contributed by atoms with Gasteiger partial charge in [-0.2, -0.15) is 10.2 Å². The lowest BCUT2D eigenvalue weighted by molar-refractivity contribution is -0.155. The predicted octanol–water partition coefficient (Wildman–Crippen LogP) is -3.14. The SMILES string of the molecule is N#C[C@@]1(n2ccc(N)nc2=O)O[C@H](COC(=O)[C@H](N)CCC(=O)O)C(O)C1O. The van der Waals surface area contributed by atoms with E-state index in [9.17, 15) is 29.9 Å². The minimum absolute atomic E-state index is 0.122. The van der Waals surface area contributed by atoms with Gasteiger partial charge in [-0.1, -0.05) is 0 Å². The molecule has 7 N–H and O–H groups in total. The molecule has 1 saturated heterocycles. The summed E-state index contributed by atoms with van der Waals surface area (Å²) < 4.78 is 10.9. The van der Waals surface area contributed by atoms with Crippen molar-refractivity contribution >= 4 is 17.8 Å². The van der Waals surface area contributed by atoms with Crippen LogP contribution in [0.2, 0.25) is 0 Å². The van der Waals surface area contributed by atoms with Crippen molar-refractivity contribution in [3.05, 3.63) is 22.7 Å². The summed E-state index contributed by atoms with van der Waals surface area (Å²) in [6.45, 7) is -0.599. The van der Waals surface area contributed by atoms with Crippen molar-refractivity contribution in [2.45, 2.75) is 42.9 Å². The van der Waals surface area contributed by atoms with Crippen molar-refractivity contribution < 1.29 is 34.4 Å². The number of nitrogens with two attached hydrogens (primary N) is 2. The Morgan fingerprint density at radius 2 is 2.18 bits per heavy atom. The van der Waals surface area contributed by atoms with Gasteiger partial charge in [-0.3, -0.25) is 14.2 Å². The molecule has 1 aliphatic rings. The summed E-state index contributed by atoms with van der Waals surface area (Å²) in [6, 6.07) is 1.60. The smallest absolute Gasteiger partial charge is 0.352 e. The molecule has 0 aliphatic carbocycles. The fourth-order valence-corrected chi connectivity index (χ4v) is 2.62. The molecular weight excluding hydrogens is 378 g/mol. The predicted molar refractivity (Wildman–Crippen MR) is 89.2 cm³/mol.